The fraction of sp³-hybridized carbons (Fsp3) is 0.222. The lowest BCUT2D eigenvalue weighted by Gasteiger charge is -2.19. The Morgan fingerprint density at radius 2 is 1.73 bits per heavy atom. The van der Waals surface area contributed by atoms with Crippen molar-refractivity contribution in [2.24, 2.45) is 0 Å². The summed E-state index contributed by atoms with van der Waals surface area (Å²) in [7, 11) is 0. The number of rotatable bonds is 2. The van der Waals surface area contributed by atoms with Gasteiger partial charge in [-0.15, -0.1) is 0 Å². The fourth-order valence-electron chi connectivity index (χ4n) is 1.96. The lowest BCUT2D eigenvalue weighted by Crippen LogP contribution is -2.23. The van der Waals surface area contributed by atoms with Crippen LogP contribution in [-0.2, 0) is 4.74 Å². The average molecular weight is 314 g/mol. The Balaban J connectivity index is 2.28. The summed E-state index contributed by atoms with van der Waals surface area (Å²) in [4.78, 5) is 12.0. The number of carbonyl (C=O) groups excluding carboxylic acids is 1. The van der Waals surface area contributed by atoms with Crippen LogP contribution >= 0.6 is 11.6 Å². The molecule has 112 valence electrons. The molecular weight excluding hydrogens is 298 g/mol. The topological polar surface area (TPSA) is 50.1 Å². The van der Waals surface area contributed by atoms with Gasteiger partial charge in [0.1, 0.15) is 5.60 Å². The molecule has 3 nitrogen and oxygen atoms in total. The molecule has 0 bridgehead atoms. The van der Waals surface area contributed by atoms with Gasteiger partial charge in [0.05, 0.1) is 17.2 Å². The molecule has 2 rings (SSSR count). The zero-order chi connectivity index (χ0) is 16.3. The van der Waals surface area contributed by atoms with Crippen molar-refractivity contribution in [3.63, 3.8) is 0 Å². The molecule has 2 aromatic carbocycles. The number of benzene rings is 2. The lowest BCUT2D eigenvalue weighted by atomic mass is 10.0. The zero-order valence-electron chi connectivity index (χ0n) is 12.7. The maximum atomic E-state index is 12.0. The summed E-state index contributed by atoms with van der Waals surface area (Å²) in [6.07, 6.45) is 0. The van der Waals surface area contributed by atoms with E-state index in [9.17, 15) is 4.79 Å². The zero-order valence-corrected chi connectivity index (χ0v) is 13.4. The van der Waals surface area contributed by atoms with Crippen LogP contribution in [0.4, 0.5) is 0 Å². The van der Waals surface area contributed by atoms with E-state index < -0.39 is 5.60 Å². The molecule has 0 radical (unpaired) electrons. The molecule has 22 heavy (non-hydrogen) atoms. The molecule has 0 aliphatic heterocycles. The van der Waals surface area contributed by atoms with E-state index >= 15 is 0 Å². The summed E-state index contributed by atoms with van der Waals surface area (Å²) in [6, 6.07) is 14.3. The van der Waals surface area contributed by atoms with Crippen molar-refractivity contribution in [3.8, 4) is 17.2 Å². The average Bonchev–Trinajstić information content (AvgIpc) is 2.45. The number of nitriles is 1. The van der Waals surface area contributed by atoms with E-state index in [1.807, 2.05) is 32.9 Å². The largest absolute Gasteiger partial charge is 0.456 e. The third-order valence-electron chi connectivity index (χ3n) is 2.88. The standard InChI is InChI=1S/C18H16ClNO2/c1-18(2,3)22-17(21)14-6-4-13(5-7-14)15-8-12(11-20)9-16(19)10-15/h4-10H,1-3H3. The number of esters is 1. The fourth-order valence-corrected chi connectivity index (χ4v) is 2.19. The van der Waals surface area contributed by atoms with Crippen molar-refractivity contribution in [2.45, 2.75) is 26.4 Å². The molecule has 0 aliphatic carbocycles. The molecule has 0 saturated carbocycles. The molecule has 0 amide bonds. The first-order valence-electron chi connectivity index (χ1n) is 6.83. The Bertz CT molecular complexity index is 737. The third kappa shape index (κ3) is 4.09. The first-order valence-corrected chi connectivity index (χ1v) is 7.21. The second kappa shape index (κ2) is 6.21. The van der Waals surface area contributed by atoms with Gasteiger partial charge in [0.25, 0.3) is 0 Å². The lowest BCUT2D eigenvalue weighted by molar-refractivity contribution is 0.00696. The quantitative estimate of drug-likeness (QED) is 0.746. The predicted molar refractivity (Wildman–Crippen MR) is 86.8 cm³/mol. The van der Waals surface area contributed by atoms with E-state index in [1.54, 1.807) is 30.3 Å². The molecule has 0 unspecified atom stereocenters. The van der Waals surface area contributed by atoms with Gasteiger partial charge in [-0.05, 0) is 62.2 Å². The SMILES string of the molecule is CC(C)(C)OC(=O)c1ccc(-c2cc(Cl)cc(C#N)c2)cc1. The summed E-state index contributed by atoms with van der Waals surface area (Å²) in [5, 5.41) is 9.49. The number of carbonyl (C=O) groups is 1. The minimum absolute atomic E-state index is 0.358. The minimum atomic E-state index is -0.523. The third-order valence-corrected chi connectivity index (χ3v) is 3.10. The molecular formula is C18H16ClNO2. The van der Waals surface area contributed by atoms with Crippen molar-refractivity contribution < 1.29 is 9.53 Å². The van der Waals surface area contributed by atoms with Crippen LogP contribution < -0.4 is 0 Å². The Kier molecular flexibility index (Phi) is 4.54. The summed E-state index contributed by atoms with van der Waals surface area (Å²) in [5.74, 6) is -0.358. The molecule has 0 heterocycles. The van der Waals surface area contributed by atoms with Crippen LogP contribution in [0.2, 0.25) is 5.02 Å². The van der Waals surface area contributed by atoms with Gasteiger partial charge < -0.3 is 4.74 Å². The molecule has 2 aromatic rings. The normalized spacial score (nSPS) is 10.9. The molecule has 0 spiro atoms. The van der Waals surface area contributed by atoms with E-state index in [-0.39, 0.29) is 5.97 Å². The van der Waals surface area contributed by atoms with E-state index in [0.717, 1.165) is 11.1 Å². The van der Waals surface area contributed by atoms with Gasteiger partial charge in [0.15, 0.2) is 0 Å². The Morgan fingerprint density at radius 1 is 1.09 bits per heavy atom. The number of ether oxygens (including phenoxy) is 1. The van der Waals surface area contributed by atoms with E-state index in [0.29, 0.717) is 16.1 Å². The maximum Gasteiger partial charge on any atom is 0.338 e. The van der Waals surface area contributed by atoms with Crippen LogP contribution in [0.3, 0.4) is 0 Å². The highest BCUT2D eigenvalue weighted by Gasteiger charge is 2.17. The highest BCUT2D eigenvalue weighted by molar-refractivity contribution is 6.31. The van der Waals surface area contributed by atoms with Crippen molar-refractivity contribution in [3.05, 3.63) is 58.6 Å². The van der Waals surface area contributed by atoms with Gasteiger partial charge in [0, 0.05) is 5.02 Å². The van der Waals surface area contributed by atoms with E-state index in [1.165, 1.54) is 0 Å². The molecule has 0 aromatic heterocycles. The van der Waals surface area contributed by atoms with Crippen molar-refractivity contribution >= 4 is 17.6 Å². The van der Waals surface area contributed by atoms with Gasteiger partial charge >= 0.3 is 5.97 Å². The highest BCUT2D eigenvalue weighted by atomic mass is 35.5. The first kappa shape index (κ1) is 16.1. The van der Waals surface area contributed by atoms with Crippen LogP contribution in [-0.4, -0.2) is 11.6 Å². The minimum Gasteiger partial charge on any atom is -0.456 e. The Hall–Kier alpha value is -2.31. The second-order valence-electron chi connectivity index (χ2n) is 5.92. The number of hydrogen-bond donors (Lipinski definition) is 0. The van der Waals surface area contributed by atoms with Crippen LogP contribution in [0.1, 0.15) is 36.7 Å². The molecule has 4 heteroatoms. The van der Waals surface area contributed by atoms with Crippen molar-refractivity contribution in [1.82, 2.24) is 0 Å². The molecule has 0 saturated heterocycles. The highest BCUT2D eigenvalue weighted by Crippen LogP contribution is 2.25. The van der Waals surface area contributed by atoms with Gasteiger partial charge in [0.2, 0.25) is 0 Å². The van der Waals surface area contributed by atoms with Gasteiger partial charge in [-0.25, -0.2) is 4.79 Å². The summed E-state index contributed by atoms with van der Waals surface area (Å²) in [6.45, 7) is 5.48. The maximum absolute atomic E-state index is 12.0. The smallest absolute Gasteiger partial charge is 0.338 e. The molecule has 0 atom stereocenters. The second-order valence-corrected chi connectivity index (χ2v) is 6.36. The van der Waals surface area contributed by atoms with Crippen LogP contribution in [0.15, 0.2) is 42.5 Å². The predicted octanol–water partition coefficient (Wildman–Crippen LogP) is 4.83. The molecule has 0 aliphatic rings. The summed E-state index contributed by atoms with van der Waals surface area (Å²) < 4.78 is 5.32. The number of hydrogen-bond acceptors (Lipinski definition) is 3. The first-order chi connectivity index (χ1) is 10.3. The number of nitrogens with zero attached hydrogens (tertiary/aromatic N) is 1. The molecule has 0 fully saturated rings. The van der Waals surface area contributed by atoms with Gasteiger partial charge in [-0.3, -0.25) is 0 Å². The number of halogens is 1. The van der Waals surface area contributed by atoms with E-state index in [2.05, 4.69) is 6.07 Å². The van der Waals surface area contributed by atoms with Crippen molar-refractivity contribution in [1.29, 1.82) is 5.26 Å². The van der Waals surface area contributed by atoms with E-state index in [4.69, 9.17) is 21.6 Å². The molecule has 0 N–H and O–H groups in total. The Morgan fingerprint density at radius 3 is 2.27 bits per heavy atom. The van der Waals surface area contributed by atoms with Gasteiger partial charge in [-0.2, -0.15) is 5.26 Å². The van der Waals surface area contributed by atoms with Crippen LogP contribution in [0.25, 0.3) is 11.1 Å². The Labute approximate surface area is 135 Å². The summed E-state index contributed by atoms with van der Waals surface area (Å²) >= 11 is 6.01. The van der Waals surface area contributed by atoms with Gasteiger partial charge in [-0.1, -0.05) is 23.7 Å². The van der Waals surface area contributed by atoms with Crippen LogP contribution in [0, 0.1) is 11.3 Å². The summed E-state index contributed by atoms with van der Waals surface area (Å²) in [5.41, 5.74) is 2.18. The monoisotopic (exact) mass is 313 g/mol. The van der Waals surface area contributed by atoms with Crippen LogP contribution in [0.5, 0.6) is 0 Å². The van der Waals surface area contributed by atoms with Crippen molar-refractivity contribution in [2.75, 3.05) is 0 Å².